The van der Waals surface area contributed by atoms with Gasteiger partial charge in [-0.25, -0.2) is 0 Å². The highest BCUT2D eigenvalue weighted by atomic mass is 16.6. The molecule has 0 aliphatic carbocycles. The fourth-order valence-electron chi connectivity index (χ4n) is 3.44. The molecule has 3 fully saturated rings. The van der Waals surface area contributed by atoms with Crippen molar-refractivity contribution >= 4 is 0 Å². The number of benzene rings is 2. The molecule has 0 aromatic heterocycles. The topological polar surface area (TPSA) is 65.3 Å². The molecule has 0 saturated carbocycles. The Bertz CT molecular complexity index is 762. The van der Waals surface area contributed by atoms with Gasteiger partial charge in [-0.3, -0.25) is 0 Å². The van der Waals surface area contributed by atoms with Crippen molar-refractivity contribution in [2.45, 2.75) is 30.7 Å². The second kappa shape index (κ2) is 8.55. The van der Waals surface area contributed by atoms with Crippen LogP contribution in [0.2, 0.25) is 0 Å². The molecule has 5 rings (SSSR count). The fraction of sp³-hybridized carbons (Fsp3) is 0.500. The van der Waals surface area contributed by atoms with E-state index in [1.807, 2.05) is 24.3 Å². The summed E-state index contributed by atoms with van der Waals surface area (Å²) in [6.07, 6.45) is 0.746. The van der Waals surface area contributed by atoms with Gasteiger partial charge >= 0.3 is 0 Å². The minimum atomic E-state index is -0.300. The van der Waals surface area contributed by atoms with Gasteiger partial charge in [0.15, 0.2) is 0 Å². The molecule has 30 heavy (non-hydrogen) atoms. The fourth-order valence-corrected chi connectivity index (χ4v) is 3.44. The lowest BCUT2D eigenvalue weighted by Gasteiger charge is -2.31. The van der Waals surface area contributed by atoms with E-state index < -0.39 is 0 Å². The molecule has 3 heterocycles. The smallest absolute Gasteiger partial charge is 0.119 e. The Morgan fingerprint density at radius 3 is 1.50 bits per heavy atom. The Balaban J connectivity index is 1.30. The maximum atomic E-state index is 6.05. The Labute approximate surface area is 177 Å². The van der Waals surface area contributed by atoms with Gasteiger partial charge in [-0.2, -0.15) is 0 Å². The first-order valence-corrected chi connectivity index (χ1v) is 10.6. The highest BCUT2D eigenvalue weighted by Crippen LogP contribution is 2.35. The summed E-state index contributed by atoms with van der Waals surface area (Å²) < 4.78 is 33.3. The molecule has 160 valence electrons. The van der Waals surface area contributed by atoms with E-state index in [0.29, 0.717) is 26.4 Å². The van der Waals surface area contributed by atoms with Crippen molar-refractivity contribution < 1.29 is 28.4 Å². The summed E-state index contributed by atoms with van der Waals surface area (Å²) in [6.45, 7) is 7.01. The van der Waals surface area contributed by atoms with Crippen LogP contribution in [0.15, 0.2) is 48.5 Å². The standard InChI is InChI=1S/C24H28O6/c1-24(16-25-10-21-11-28-21,17-2-6-19(7-3-17)26-12-22-14-29-22)18-4-8-20(9-5-18)27-13-23-15-30-23/h2-9,21-23H,10-16H2,1H3. The molecule has 3 aliphatic heterocycles. The minimum Gasteiger partial charge on any atom is -0.491 e. The molecule has 3 aliphatic rings. The molecule has 2 aromatic rings. The second-order valence-electron chi connectivity index (χ2n) is 8.38. The monoisotopic (exact) mass is 412 g/mol. The predicted octanol–water partition coefficient (Wildman–Crippen LogP) is 2.96. The summed E-state index contributed by atoms with van der Waals surface area (Å²) in [7, 11) is 0. The summed E-state index contributed by atoms with van der Waals surface area (Å²) in [4.78, 5) is 0. The van der Waals surface area contributed by atoms with E-state index in [9.17, 15) is 0 Å². The SMILES string of the molecule is CC(COCC1CO1)(c1ccc(OCC2CO2)cc1)c1ccc(OCC2CO2)cc1. The average Bonchev–Trinajstić information content (AvgIpc) is 3.64. The van der Waals surface area contributed by atoms with E-state index >= 15 is 0 Å². The zero-order valence-electron chi connectivity index (χ0n) is 17.3. The Hall–Kier alpha value is -2.12. The van der Waals surface area contributed by atoms with E-state index in [4.69, 9.17) is 28.4 Å². The normalized spacial score (nSPS) is 26.0. The lowest BCUT2D eigenvalue weighted by atomic mass is 9.77. The van der Waals surface area contributed by atoms with Crippen LogP contribution in [-0.2, 0) is 24.4 Å². The van der Waals surface area contributed by atoms with Gasteiger partial charge in [-0.05, 0) is 42.3 Å². The Morgan fingerprint density at radius 2 is 1.10 bits per heavy atom. The highest BCUT2D eigenvalue weighted by molar-refractivity contribution is 5.43. The van der Waals surface area contributed by atoms with Gasteiger partial charge in [-0.15, -0.1) is 0 Å². The average molecular weight is 412 g/mol. The summed E-state index contributed by atoms with van der Waals surface area (Å²) in [5.74, 6) is 1.71. The molecule has 0 amide bonds. The third-order valence-corrected chi connectivity index (χ3v) is 5.76. The number of epoxide rings is 3. The van der Waals surface area contributed by atoms with Crippen LogP contribution in [0.5, 0.6) is 11.5 Å². The molecule has 3 saturated heterocycles. The molecular weight excluding hydrogens is 384 g/mol. The molecule has 2 aromatic carbocycles. The van der Waals surface area contributed by atoms with Crippen molar-refractivity contribution in [3.8, 4) is 11.5 Å². The van der Waals surface area contributed by atoms with Crippen LogP contribution >= 0.6 is 0 Å². The molecule has 6 nitrogen and oxygen atoms in total. The van der Waals surface area contributed by atoms with E-state index in [1.54, 1.807) is 0 Å². The van der Waals surface area contributed by atoms with Crippen LogP contribution in [0, 0.1) is 0 Å². The molecule has 0 bridgehead atoms. The molecule has 0 spiro atoms. The summed E-state index contributed by atoms with van der Waals surface area (Å²) in [5.41, 5.74) is 2.05. The minimum absolute atomic E-state index is 0.245. The lowest BCUT2D eigenvalue weighted by Crippen LogP contribution is -2.30. The van der Waals surface area contributed by atoms with E-state index in [0.717, 1.165) is 31.3 Å². The Morgan fingerprint density at radius 1 is 0.700 bits per heavy atom. The maximum Gasteiger partial charge on any atom is 0.119 e. The molecular formula is C24H28O6. The summed E-state index contributed by atoms with van der Waals surface area (Å²) in [6, 6.07) is 16.6. The largest absolute Gasteiger partial charge is 0.491 e. The van der Waals surface area contributed by atoms with Gasteiger partial charge < -0.3 is 28.4 Å². The zero-order chi connectivity index (χ0) is 20.4. The van der Waals surface area contributed by atoms with Crippen molar-refractivity contribution in [3.05, 3.63) is 59.7 Å². The quantitative estimate of drug-likeness (QED) is 0.500. The highest BCUT2D eigenvalue weighted by Gasteiger charge is 2.32. The number of hydrogen-bond donors (Lipinski definition) is 0. The van der Waals surface area contributed by atoms with Crippen LogP contribution in [0.3, 0.4) is 0 Å². The van der Waals surface area contributed by atoms with Gasteiger partial charge in [0, 0.05) is 5.41 Å². The number of ether oxygens (including phenoxy) is 6. The van der Waals surface area contributed by atoms with Crippen molar-refractivity contribution in [2.75, 3.05) is 46.2 Å². The van der Waals surface area contributed by atoms with Gasteiger partial charge in [0.2, 0.25) is 0 Å². The second-order valence-corrected chi connectivity index (χ2v) is 8.38. The summed E-state index contributed by atoms with van der Waals surface area (Å²) in [5, 5.41) is 0. The maximum absolute atomic E-state index is 6.05. The number of rotatable bonds is 12. The molecule has 0 radical (unpaired) electrons. The first kappa shape index (κ1) is 19.8. The van der Waals surface area contributed by atoms with Gasteiger partial charge in [-0.1, -0.05) is 24.3 Å². The van der Waals surface area contributed by atoms with E-state index in [1.165, 1.54) is 11.1 Å². The molecule has 0 N–H and O–H groups in total. The lowest BCUT2D eigenvalue weighted by molar-refractivity contribution is 0.0877. The molecule has 3 unspecified atom stereocenters. The van der Waals surface area contributed by atoms with E-state index in [-0.39, 0.29) is 23.7 Å². The first-order chi connectivity index (χ1) is 14.7. The van der Waals surface area contributed by atoms with Crippen molar-refractivity contribution in [3.63, 3.8) is 0 Å². The van der Waals surface area contributed by atoms with Crippen LogP contribution < -0.4 is 9.47 Å². The van der Waals surface area contributed by atoms with Crippen LogP contribution in [-0.4, -0.2) is 64.6 Å². The van der Waals surface area contributed by atoms with Crippen LogP contribution in [0.1, 0.15) is 18.1 Å². The third-order valence-electron chi connectivity index (χ3n) is 5.76. The van der Waals surface area contributed by atoms with Gasteiger partial charge in [0.25, 0.3) is 0 Å². The van der Waals surface area contributed by atoms with Crippen molar-refractivity contribution in [2.24, 2.45) is 0 Å². The number of hydrogen-bond acceptors (Lipinski definition) is 6. The van der Waals surface area contributed by atoms with Crippen molar-refractivity contribution in [1.29, 1.82) is 0 Å². The van der Waals surface area contributed by atoms with E-state index in [2.05, 4.69) is 31.2 Å². The Kier molecular flexibility index (Phi) is 5.65. The van der Waals surface area contributed by atoms with Gasteiger partial charge in [0.1, 0.15) is 43.0 Å². The molecule has 3 atom stereocenters. The third kappa shape index (κ3) is 5.13. The summed E-state index contributed by atoms with van der Waals surface area (Å²) >= 11 is 0. The molecule has 6 heteroatoms. The first-order valence-electron chi connectivity index (χ1n) is 10.6. The predicted molar refractivity (Wildman–Crippen MR) is 110 cm³/mol. The zero-order valence-corrected chi connectivity index (χ0v) is 17.3. The van der Waals surface area contributed by atoms with Crippen LogP contribution in [0.4, 0.5) is 0 Å². The van der Waals surface area contributed by atoms with Gasteiger partial charge in [0.05, 0.1) is 33.0 Å². The van der Waals surface area contributed by atoms with Crippen LogP contribution in [0.25, 0.3) is 0 Å². The van der Waals surface area contributed by atoms with Crippen molar-refractivity contribution in [1.82, 2.24) is 0 Å².